The molecule has 22 heavy (non-hydrogen) atoms. The highest BCUT2D eigenvalue weighted by molar-refractivity contribution is 5.78. The highest BCUT2D eigenvalue weighted by Crippen LogP contribution is 2.27. The van der Waals surface area contributed by atoms with Gasteiger partial charge in [-0.05, 0) is 24.1 Å². The number of hydrogen-bond donors (Lipinski definition) is 1. The highest BCUT2D eigenvalue weighted by atomic mass is 16.7. The Hall–Kier alpha value is -1.79. The van der Waals surface area contributed by atoms with Gasteiger partial charge in [-0.25, -0.2) is 0 Å². The van der Waals surface area contributed by atoms with Crippen molar-refractivity contribution >= 4 is 5.91 Å². The Labute approximate surface area is 130 Å². The molecule has 1 amide bonds. The van der Waals surface area contributed by atoms with Crippen LogP contribution in [0.1, 0.15) is 18.4 Å². The van der Waals surface area contributed by atoms with Gasteiger partial charge in [-0.15, -0.1) is 0 Å². The molecule has 0 unspecified atom stereocenters. The number of amides is 1. The Morgan fingerprint density at radius 1 is 1.23 bits per heavy atom. The zero-order chi connectivity index (χ0) is 15.8. The fraction of sp³-hybridized carbons (Fsp3) is 0.562. The van der Waals surface area contributed by atoms with Crippen LogP contribution in [0.2, 0.25) is 0 Å². The molecule has 1 fully saturated rings. The molecule has 0 bridgehead atoms. The summed E-state index contributed by atoms with van der Waals surface area (Å²) in [6.07, 6.45) is 1.70. The summed E-state index contributed by atoms with van der Waals surface area (Å²) in [6, 6.07) is 5.46. The van der Waals surface area contributed by atoms with Gasteiger partial charge in [0.2, 0.25) is 5.91 Å². The summed E-state index contributed by atoms with van der Waals surface area (Å²) in [7, 11) is 3.16. The van der Waals surface area contributed by atoms with Gasteiger partial charge >= 0.3 is 0 Å². The van der Waals surface area contributed by atoms with E-state index in [-0.39, 0.29) is 12.2 Å². The van der Waals surface area contributed by atoms with Gasteiger partial charge < -0.3 is 24.3 Å². The lowest BCUT2D eigenvalue weighted by Gasteiger charge is -2.23. The minimum atomic E-state index is -0.199. The third kappa shape index (κ3) is 4.89. The SMILES string of the molecule is COc1ccc(CC(=O)NCCC2OCCCO2)cc1OC. The quantitative estimate of drug-likeness (QED) is 0.827. The summed E-state index contributed by atoms with van der Waals surface area (Å²) >= 11 is 0. The van der Waals surface area contributed by atoms with Gasteiger partial charge in [0.05, 0.1) is 33.9 Å². The maximum Gasteiger partial charge on any atom is 0.224 e. The second kappa shape index (κ2) is 8.60. The number of nitrogens with one attached hydrogen (secondary N) is 1. The van der Waals surface area contributed by atoms with Gasteiger partial charge in [-0.2, -0.15) is 0 Å². The van der Waals surface area contributed by atoms with Crippen LogP contribution < -0.4 is 14.8 Å². The maximum atomic E-state index is 11.9. The van der Waals surface area contributed by atoms with E-state index in [1.54, 1.807) is 20.3 Å². The number of carbonyl (C=O) groups is 1. The molecule has 1 aromatic rings. The predicted molar refractivity (Wildman–Crippen MR) is 81.2 cm³/mol. The zero-order valence-corrected chi connectivity index (χ0v) is 13.1. The monoisotopic (exact) mass is 309 g/mol. The van der Waals surface area contributed by atoms with Crippen LogP contribution >= 0.6 is 0 Å². The number of carbonyl (C=O) groups excluding carboxylic acids is 1. The number of methoxy groups -OCH3 is 2. The first kappa shape index (κ1) is 16.6. The third-order valence-corrected chi connectivity index (χ3v) is 3.41. The van der Waals surface area contributed by atoms with Crippen molar-refractivity contribution in [2.24, 2.45) is 0 Å². The summed E-state index contributed by atoms with van der Waals surface area (Å²) in [5.41, 5.74) is 0.875. The van der Waals surface area contributed by atoms with Crippen LogP contribution in [0.25, 0.3) is 0 Å². The van der Waals surface area contributed by atoms with Gasteiger partial charge in [0.1, 0.15) is 0 Å². The molecule has 6 heteroatoms. The van der Waals surface area contributed by atoms with Crippen molar-refractivity contribution in [3.63, 3.8) is 0 Å². The Kier molecular flexibility index (Phi) is 6.48. The fourth-order valence-corrected chi connectivity index (χ4v) is 2.27. The molecule has 0 aromatic heterocycles. The van der Waals surface area contributed by atoms with E-state index in [2.05, 4.69) is 5.32 Å². The molecule has 1 aliphatic rings. The van der Waals surface area contributed by atoms with E-state index >= 15 is 0 Å². The first-order valence-corrected chi connectivity index (χ1v) is 7.43. The minimum absolute atomic E-state index is 0.0389. The molecule has 122 valence electrons. The van der Waals surface area contributed by atoms with Crippen LogP contribution in [-0.2, 0) is 20.7 Å². The van der Waals surface area contributed by atoms with Crippen LogP contribution in [0.5, 0.6) is 11.5 Å². The molecular weight excluding hydrogens is 286 g/mol. The average Bonchev–Trinajstić information content (AvgIpc) is 2.55. The largest absolute Gasteiger partial charge is 0.493 e. The summed E-state index contributed by atoms with van der Waals surface area (Å²) in [4.78, 5) is 11.9. The molecule has 1 saturated heterocycles. The molecule has 1 aliphatic heterocycles. The Balaban J connectivity index is 1.76. The lowest BCUT2D eigenvalue weighted by atomic mass is 10.1. The number of benzene rings is 1. The van der Waals surface area contributed by atoms with Gasteiger partial charge in [0, 0.05) is 13.0 Å². The van der Waals surface area contributed by atoms with Crippen molar-refractivity contribution in [1.82, 2.24) is 5.32 Å². The van der Waals surface area contributed by atoms with Gasteiger partial charge in [-0.1, -0.05) is 6.07 Å². The average molecular weight is 309 g/mol. The van der Waals surface area contributed by atoms with Crippen LogP contribution in [-0.4, -0.2) is 46.2 Å². The summed E-state index contributed by atoms with van der Waals surface area (Å²) in [6.45, 7) is 1.99. The van der Waals surface area contributed by atoms with Crippen molar-refractivity contribution < 1.29 is 23.7 Å². The summed E-state index contributed by atoms with van der Waals surface area (Å²) in [5.74, 6) is 1.23. The predicted octanol–water partition coefficient (Wildman–Crippen LogP) is 1.52. The van der Waals surface area contributed by atoms with E-state index in [0.717, 1.165) is 25.2 Å². The standard InChI is InChI=1S/C16H23NO5/c1-19-13-5-4-12(10-14(13)20-2)11-15(18)17-7-6-16-21-8-3-9-22-16/h4-5,10,16H,3,6-9,11H2,1-2H3,(H,17,18). The second-order valence-electron chi connectivity index (χ2n) is 5.03. The highest BCUT2D eigenvalue weighted by Gasteiger charge is 2.14. The smallest absolute Gasteiger partial charge is 0.224 e. The second-order valence-corrected chi connectivity index (χ2v) is 5.03. The molecule has 0 radical (unpaired) electrons. The zero-order valence-electron chi connectivity index (χ0n) is 13.1. The maximum absolute atomic E-state index is 11.9. The Morgan fingerprint density at radius 2 is 1.95 bits per heavy atom. The third-order valence-electron chi connectivity index (χ3n) is 3.41. The van der Waals surface area contributed by atoms with Crippen molar-refractivity contribution in [2.75, 3.05) is 34.0 Å². The number of ether oxygens (including phenoxy) is 4. The molecule has 1 heterocycles. The molecule has 0 saturated carbocycles. The van der Waals surface area contributed by atoms with Crippen LogP contribution in [0.3, 0.4) is 0 Å². The van der Waals surface area contributed by atoms with Crippen LogP contribution in [0.4, 0.5) is 0 Å². The molecule has 1 N–H and O–H groups in total. The van der Waals surface area contributed by atoms with Crippen molar-refractivity contribution in [2.45, 2.75) is 25.6 Å². The Bertz CT molecular complexity index is 485. The molecule has 1 aromatic carbocycles. The van der Waals surface area contributed by atoms with E-state index < -0.39 is 0 Å². The van der Waals surface area contributed by atoms with E-state index in [1.807, 2.05) is 12.1 Å². The molecular formula is C16H23NO5. The van der Waals surface area contributed by atoms with Crippen molar-refractivity contribution in [3.8, 4) is 11.5 Å². The molecule has 0 atom stereocenters. The fourth-order valence-electron chi connectivity index (χ4n) is 2.27. The molecule has 2 rings (SSSR count). The lowest BCUT2D eigenvalue weighted by molar-refractivity contribution is -0.180. The van der Waals surface area contributed by atoms with Crippen LogP contribution in [0.15, 0.2) is 18.2 Å². The molecule has 6 nitrogen and oxygen atoms in total. The van der Waals surface area contributed by atoms with Crippen LogP contribution in [0, 0.1) is 0 Å². The van der Waals surface area contributed by atoms with Gasteiger partial charge in [0.25, 0.3) is 0 Å². The first-order valence-electron chi connectivity index (χ1n) is 7.43. The topological polar surface area (TPSA) is 66.0 Å². The van der Waals surface area contributed by atoms with E-state index in [1.165, 1.54) is 0 Å². The van der Waals surface area contributed by atoms with Crippen molar-refractivity contribution in [1.29, 1.82) is 0 Å². The lowest BCUT2D eigenvalue weighted by Crippen LogP contribution is -2.32. The van der Waals surface area contributed by atoms with Gasteiger partial charge in [-0.3, -0.25) is 4.79 Å². The number of rotatable bonds is 7. The van der Waals surface area contributed by atoms with Crippen molar-refractivity contribution in [3.05, 3.63) is 23.8 Å². The van der Waals surface area contributed by atoms with E-state index in [0.29, 0.717) is 30.9 Å². The first-order chi connectivity index (χ1) is 10.7. The summed E-state index contributed by atoms with van der Waals surface area (Å²) in [5, 5.41) is 2.87. The minimum Gasteiger partial charge on any atom is -0.493 e. The molecule has 0 aliphatic carbocycles. The normalized spacial score (nSPS) is 15.4. The Morgan fingerprint density at radius 3 is 2.64 bits per heavy atom. The van der Waals surface area contributed by atoms with Gasteiger partial charge in [0.15, 0.2) is 17.8 Å². The summed E-state index contributed by atoms with van der Waals surface area (Å²) < 4.78 is 21.3. The van der Waals surface area contributed by atoms with E-state index in [4.69, 9.17) is 18.9 Å². The van der Waals surface area contributed by atoms with E-state index in [9.17, 15) is 4.79 Å². The number of hydrogen-bond acceptors (Lipinski definition) is 5. The molecule has 0 spiro atoms.